The maximum atomic E-state index is 13.0. The Morgan fingerprint density at radius 1 is 1.32 bits per heavy atom. The quantitative estimate of drug-likeness (QED) is 0.785. The average Bonchev–Trinajstić information content (AvgIpc) is 2.26. The van der Waals surface area contributed by atoms with Crippen molar-refractivity contribution >= 4 is 5.76 Å². The summed E-state index contributed by atoms with van der Waals surface area (Å²) in [5, 5.41) is 0. The highest BCUT2D eigenvalue weighted by Gasteiger charge is 2.54. The molecule has 0 spiro atoms. The van der Waals surface area contributed by atoms with Gasteiger partial charge in [0.05, 0.1) is 0 Å². The van der Waals surface area contributed by atoms with Gasteiger partial charge in [-0.1, -0.05) is 0 Å². The highest BCUT2D eigenvalue weighted by Crippen LogP contribution is 2.40. The number of aromatic nitrogens is 2. The number of ether oxygens (including phenoxy) is 1. The summed E-state index contributed by atoms with van der Waals surface area (Å²) in [6.45, 7) is 4.14. The van der Waals surface area contributed by atoms with Crippen molar-refractivity contribution < 1.29 is 17.9 Å². The number of aryl methyl sites for hydroxylation is 1. The lowest BCUT2D eigenvalue weighted by atomic mass is 9.98. The van der Waals surface area contributed by atoms with Crippen LogP contribution in [0.4, 0.5) is 13.2 Å². The number of allylic oxidation sites excluding steroid dienone is 2. The van der Waals surface area contributed by atoms with Gasteiger partial charge < -0.3 is 4.74 Å². The zero-order valence-electron chi connectivity index (χ0n) is 10.7. The summed E-state index contributed by atoms with van der Waals surface area (Å²) in [5.41, 5.74) is -1.78. The zero-order valence-corrected chi connectivity index (χ0v) is 10.7. The summed E-state index contributed by atoms with van der Waals surface area (Å²) in [5.74, 6) is 0.536. The van der Waals surface area contributed by atoms with E-state index in [1.165, 1.54) is 18.3 Å². The Morgan fingerprint density at radius 3 is 2.58 bits per heavy atom. The van der Waals surface area contributed by atoms with Crippen molar-refractivity contribution in [1.82, 2.24) is 9.97 Å². The summed E-state index contributed by atoms with van der Waals surface area (Å²) in [4.78, 5) is 7.97. The predicted octanol–water partition coefficient (Wildman–Crippen LogP) is 3.23. The van der Waals surface area contributed by atoms with Crippen LogP contribution in [0.25, 0.3) is 5.76 Å². The fraction of sp³-hybridized carbons (Fsp3) is 0.385. The van der Waals surface area contributed by atoms with Crippen molar-refractivity contribution in [2.24, 2.45) is 0 Å². The summed E-state index contributed by atoms with van der Waals surface area (Å²) < 4.78 is 44.1. The van der Waals surface area contributed by atoms with Crippen molar-refractivity contribution in [1.29, 1.82) is 0 Å². The van der Waals surface area contributed by atoms with Crippen molar-refractivity contribution in [2.75, 3.05) is 0 Å². The van der Waals surface area contributed by atoms with Crippen LogP contribution in [0, 0.1) is 13.0 Å². The number of alkyl halides is 3. The Bertz CT molecular complexity index is 563. The van der Waals surface area contributed by atoms with Crippen molar-refractivity contribution in [2.45, 2.75) is 32.5 Å². The summed E-state index contributed by atoms with van der Waals surface area (Å²) >= 11 is 0. The fourth-order valence-corrected chi connectivity index (χ4v) is 1.73. The molecule has 3 nitrogen and oxygen atoms in total. The summed E-state index contributed by atoms with van der Waals surface area (Å²) in [6, 6.07) is 1.51. The highest BCUT2D eigenvalue weighted by molar-refractivity contribution is 5.61. The van der Waals surface area contributed by atoms with Gasteiger partial charge in [0.25, 0.3) is 0 Å². The minimum absolute atomic E-state index is 0.0709. The second-order valence-electron chi connectivity index (χ2n) is 4.44. The molecule has 0 bridgehead atoms. The number of nitrogens with zero attached hydrogens (tertiary/aromatic N) is 2. The second kappa shape index (κ2) is 4.36. The van der Waals surface area contributed by atoms with Crippen LogP contribution in [0.15, 0.2) is 23.9 Å². The Labute approximate surface area is 108 Å². The Kier molecular flexibility index (Phi) is 3.12. The fourth-order valence-electron chi connectivity index (χ4n) is 1.73. The van der Waals surface area contributed by atoms with Gasteiger partial charge in [-0.15, -0.1) is 0 Å². The van der Waals surface area contributed by atoms with Crippen LogP contribution in [0.5, 0.6) is 0 Å². The SMILES string of the molecule is CC1=[C][C@@](C)(C(F)(F)F)OC(c2ccnc(C)n2)=C1. The van der Waals surface area contributed by atoms with Gasteiger partial charge in [0.15, 0.2) is 0 Å². The first-order chi connectivity index (χ1) is 8.71. The number of rotatable bonds is 1. The van der Waals surface area contributed by atoms with Crippen molar-refractivity contribution in [3.8, 4) is 0 Å². The largest absolute Gasteiger partial charge is 0.471 e. The minimum Gasteiger partial charge on any atom is -0.471 e. The van der Waals surface area contributed by atoms with Crippen LogP contribution in [-0.2, 0) is 4.74 Å². The van der Waals surface area contributed by atoms with Gasteiger partial charge in [-0.05, 0) is 38.5 Å². The van der Waals surface area contributed by atoms with E-state index in [0.29, 0.717) is 17.1 Å². The molecule has 0 aliphatic carbocycles. The molecule has 6 heteroatoms. The normalized spacial score (nSPS) is 23.5. The third kappa shape index (κ3) is 2.62. The topological polar surface area (TPSA) is 35.0 Å². The minimum atomic E-state index is -4.55. The van der Waals surface area contributed by atoms with E-state index in [0.717, 1.165) is 6.92 Å². The van der Waals surface area contributed by atoms with Crippen LogP contribution >= 0.6 is 0 Å². The van der Waals surface area contributed by atoms with E-state index < -0.39 is 11.8 Å². The molecule has 1 aromatic rings. The smallest absolute Gasteiger partial charge is 0.432 e. The number of halogens is 3. The molecule has 0 unspecified atom stereocenters. The van der Waals surface area contributed by atoms with Crippen LogP contribution in [0.2, 0.25) is 0 Å². The molecule has 1 aromatic heterocycles. The van der Waals surface area contributed by atoms with E-state index in [1.54, 1.807) is 13.8 Å². The molecular weight excluding hydrogens is 257 g/mol. The molecule has 2 heterocycles. The van der Waals surface area contributed by atoms with Crippen molar-refractivity contribution in [3.63, 3.8) is 0 Å². The van der Waals surface area contributed by atoms with Crippen LogP contribution in [0.1, 0.15) is 25.4 Å². The Morgan fingerprint density at radius 2 is 2.00 bits per heavy atom. The summed E-state index contributed by atoms with van der Waals surface area (Å²) in [6.07, 6.45) is 0.709. The molecule has 0 amide bonds. The summed E-state index contributed by atoms with van der Waals surface area (Å²) in [7, 11) is 0. The maximum Gasteiger partial charge on any atom is 0.432 e. The third-order valence-electron chi connectivity index (χ3n) is 2.67. The van der Waals surface area contributed by atoms with E-state index >= 15 is 0 Å². The van der Waals surface area contributed by atoms with Crippen molar-refractivity contribution in [3.05, 3.63) is 41.5 Å². The molecule has 0 N–H and O–H groups in total. The van der Waals surface area contributed by atoms with Crippen LogP contribution in [-0.4, -0.2) is 21.7 Å². The molecule has 0 saturated carbocycles. The maximum absolute atomic E-state index is 13.0. The van der Waals surface area contributed by atoms with Gasteiger partial charge in [-0.25, -0.2) is 9.97 Å². The molecule has 1 aliphatic heterocycles. The van der Waals surface area contributed by atoms with Gasteiger partial charge in [0.2, 0.25) is 5.60 Å². The molecule has 0 aromatic carbocycles. The monoisotopic (exact) mass is 269 g/mol. The van der Waals surface area contributed by atoms with Crippen LogP contribution < -0.4 is 0 Å². The van der Waals surface area contributed by atoms with E-state index in [4.69, 9.17) is 4.74 Å². The molecule has 1 atom stereocenters. The Balaban J connectivity index is 2.43. The molecule has 2 rings (SSSR count). The Hall–Kier alpha value is -1.85. The molecule has 0 fully saturated rings. The molecule has 0 saturated heterocycles. The first kappa shape index (κ1) is 13.6. The highest BCUT2D eigenvalue weighted by atomic mass is 19.4. The number of hydrogen-bond acceptors (Lipinski definition) is 3. The molecule has 1 aliphatic rings. The van der Waals surface area contributed by atoms with Gasteiger partial charge in [-0.2, -0.15) is 13.2 Å². The van der Waals surface area contributed by atoms with E-state index in [9.17, 15) is 13.2 Å². The van der Waals surface area contributed by atoms with Gasteiger partial charge in [0, 0.05) is 12.3 Å². The van der Waals surface area contributed by atoms with Gasteiger partial charge in [-0.3, -0.25) is 0 Å². The van der Waals surface area contributed by atoms with E-state index in [1.807, 2.05) is 0 Å². The third-order valence-corrected chi connectivity index (χ3v) is 2.67. The molecular formula is C13H12F3N2O. The molecule has 19 heavy (non-hydrogen) atoms. The second-order valence-corrected chi connectivity index (χ2v) is 4.44. The molecule has 101 valence electrons. The standard InChI is InChI=1S/C13H12F3N2O/c1-8-6-11(10-4-5-17-9(2)18-10)19-12(3,7-8)13(14,15)16/h4-6H,1-3H3/t12-/m0/s1. The predicted molar refractivity (Wildman–Crippen MR) is 62.7 cm³/mol. The van der Waals surface area contributed by atoms with Crippen LogP contribution in [0.3, 0.4) is 0 Å². The average molecular weight is 269 g/mol. The lowest BCUT2D eigenvalue weighted by Gasteiger charge is -2.33. The van der Waals surface area contributed by atoms with Gasteiger partial charge >= 0.3 is 6.18 Å². The first-order valence-electron chi connectivity index (χ1n) is 5.60. The lowest BCUT2D eigenvalue weighted by molar-refractivity contribution is -0.234. The van der Waals surface area contributed by atoms with E-state index in [2.05, 4.69) is 16.0 Å². The first-order valence-corrected chi connectivity index (χ1v) is 5.60. The molecule has 1 radical (unpaired) electrons. The van der Waals surface area contributed by atoms with E-state index in [-0.39, 0.29) is 5.76 Å². The lowest BCUT2D eigenvalue weighted by Crippen LogP contribution is -2.44. The van der Waals surface area contributed by atoms with Gasteiger partial charge in [0.1, 0.15) is 17.3 Å². The number of hydrogen-bond donors (Lipinski definition) is 0. The zero-order chi connectivity index (χ0) is 14.3.